The van der Waals surface area contributed by atoms with Crippen LogP contribution in [0, 0.1) is 5.92 Å². The first-order valence-corrected chi connectivity index (χ1v) is 8.33. The lowest BCUT2D eigenvalue weighted by Crippen LogP contribution is -2.02. The second-order valence-electron chi connectivity index (χ2n) is 4.80. The second-order valence-corrected chi connectivity index (χ2v) is 5.70. The van der Waals surface area contributed by atoms with E-state index in [2.05, 4.69) is 32.2 Å². The minimum atomic E-state index is 0.913. The second kappa shape index (κ2) is 13.8. The van der Waals surface area contributed by atoms with Gasteiger partial charge in [-0.2, -0.15) is 25.3 Å². The molecule has 1 unspecified atom stereocenters. The van der Waals surface area contributed by atoms with E-state index in [1.54, 1.807) is 0 Å². The number of hydrogen-bond donors (Lipinski definition) is 2. The first-order chi connectivity index (χ1) is 7.85. The number of unbranched alkanes of at least 4 members (excludes halogenated alkanes) is 5. The molecule has 2 heteroatoms. The van der Waals surface area contributed by atoms with Gasteiger partial charge in [0.15, 0.2) is 0 Å². The molecule has 0 aromatic rings. The Morgan fingerprint density at radius 1 is 0.688 bits per heavy atom. The number of thiol groups is 2. The van der Waals surface area contributed by atoms with Gasteiger partial charge in [0.05, 0.1) is 0 Å². The van der Waals surface area contributed by atoms with Crippen molar-refractivity contribution in [3.8, 4) is 0 Å². The van der Waals surface area contributed by atoms with E-state index in [1.807, 2.05) is 0 Å². The molecule has 0 bridgehead atoms. The van der Waals surface area contributed by atoms with Gasteiger partial charge in [0.1, 0.15) is 0 Å². The molecule has 0 amide bonds. The van der Waals surface area contributed by atoms with Crippen molar-refractivity contribution in [2.24, 2.45) is 5.92 Å². The van der Waals surface area contributed by atoms with Crippen molar-refractivity contribution < 1.29 is 0 Å². The third kappa shape index (κ3) is 11.2. The molecule has 0 fully saturated rings. The molecule has 0 aliphatic carbocycles. The molecule has 1 atom stereocenters. The molecule has 0 aromatic carbocycles. The van der Waals surface area contributed by atoms with E-state index in [9.17, 15) is 0 Å². The average molecular weight is 263 g/mol. The van der Waals surface area contributed by atoms with Gasteiger partial charge in [0.25, 0.3) is 0 Å². The summed E-state index contributed by atoms with van der Waals surface area (Å²) < 4.78 is 0. The standard InChI is InChI=1S/C14H30S2/c1-2-3-4-5-6-7-9-14(11-13-16)10-8-12-15/h14-16H,2-13H2,1H3. The monoisotopic (exact) mass is 262 g/mol. The molecule has 0 saturated carbocycles. The Morgan fingerprint density at radius 2 is 1.31 bits per heavy atom. The molecule has 0 radical (unpaired) electrons. The highest BCUT2D eigenvalue weighted by molar-refractivity contribution is 7.80. The average Bonchev–Trinajstić information content (AvgIpc) is 2.30. The minimum Gasteiger partial charge on any atom is -0.179 e. The topological polar surface area (TPSA) is 0 Å². The van der Waals surface area contributed by atoms with E-state index in [1.165, 1.54) is 64.2 Å². The van der Waals surface area contributed by atoms with Crippen LogP contribution >= 0.6 is 25.3 Å². The molecular weight excluding hydrogens is 232 g/mol. The van der Waals surface area contributed by atoms with Gasteiger partial charge < -0.3 is 0 Å². The van der Waals surface area contributed by atoms with Crippen molar-refractivity contribution in [3.63, 3.8) is 0 Å². The van der Waals surface area contributed by atoms with Gasteiger partial charge in [-0.1, -0.05) is 51.9 Å². The van der Waals surface area contributed by atoms with Crippen LogP contribution in [0.3, 0.4) is 0 Å². The summed E-state index contributed by atoms with van der Waals surface area (Å²) in [4.78, 5) is 0. The maximum absolute atomic E-state index is 4.35. The van der Waals surface area contributed by atoms with Gasteiger partial charge in [-0.15, -0.1) is 0 Å². The molecule has 0 nitrogen and oxygen atoms in total. The first kappa shape index (κ1) is 16.7. The van der Waals surface area contributed by atoms with E-state index < -0.39 is 0 Å². The Hall–Kier alpha value is 0.700. The summed E-state index contributed by atoms with van der Waals surface area (Å²) in [5.41, 5.74) is 0. The Morgan fingerprint density at radius 3 is 1.94 bits per heavy atom. The summed E-state index contributed by atoms with van der Waals surface area (Å²) in [6, 6.07) is 0. The van der Waals surface area contributed by atoms with Crippen molar-refractivity contribution in [1.29, 1.82) is 0 Å². The number of rotatable bonds is 12. The third-order valence-electron chi connectivity index (χ3n) is 3.27. The SMILES string of the molecule is CCCCCCCCC(CCS)CCCS. The largest absolute Gasteiger partial charge is 0.179 e. The van der Waals surface area contributed by atoms with Gasteiger partial charge in [-0.3, -0.25) is 0 Å². The van der Waals surface area contributed by atoms with Crippen molar-refractivity contribution in [3.05, 3.63) is 0 Å². The van der Waals surface area contributed by atoms with Crippen LogP contribution < -0.4 is 0 Å². The highest BCUT2D eigenvalue weighted by atomic mass is 32.1. The summed E-state index contributed by atoms with van der Waals surface area (Å²) in [5.74, 6) is 3.00. The normalized spacial score (nSPS) is 12.9. The summed E-state index contributed by atoms with van der Waals surface area (Å²) in [6.45, 7) is 2.28. The molecule has 0 aliphatic heterocycles. The molecule has 0 N–H and O–H groups in total. The van der Waals surface area contributed by atoms with Crippen LogP contribution in [0.1, 0.15) is 71.1 Å². The van der Waals surface area contributed by atoms with Crippen LogP contribution in [0.15, 0.2) is 0 Å². The summed E-state index contributed by atoms with van der Waals surface area (Å²) in [6.07, 6.45) is 13.9. The van der Waals surface area contributed by atoms with E-state index in [-0.39, 0.29) is 0 Å². The number of hydrogen-bond acceptors (Lipinski definition) is 2. The van der Waals surface area contributed by atoms with Crippen LogP contribution in [0.5, 0.6) is 0 Å². The van der Waals surface area contributed by atoms with Gasteiger partial charge in [-0.25, -0.2) is 0 Å². The molecule has 0 aliphatic rings. The molecule has 0 aromatic heterocycles. The van der Waals surface area contributed by atoms with E-state index in [0.717, 1.165) is 17.4 Å². The van der Waals surface area contributed by atoms with Crippen molar-refractivity contribution in [2.75, 3.05) is 11.5 Å². The van der Waals surface area contributed by atoms with Crippen LogP contribution in [-0.4, -0.2) is 11.5 Å². The Bertz CT molecular complexity index is 126. The smallest absolute Gasteiger partial charge is 0.00953 e. The maximum atomic E-state index is 4.35. The van der Waals surface area contributed by atoms with Crippen molar-refractivity contribution in [2.45, 2.75) is 71.1 Å². The van der Waals surface area contributed by atoms with Crippen molar-refractivity contribution in [1.82, 2.24) is 0 Å². The van der Waals surface area contributed by atoms with Gasteiger partial charge in [0.2, 0.25) is 0 Å². The summed E-state index contributed by atoms with van der Waals surface area (Å²) >= 11 is 8.65. The zero-order valence-electron chi connectivity index (χ0n) is 11.0. The van der Waals surface area contributed by atoms with Crippen LogP contribution in [-0.2, 0) is 0 Å². The van der Waals surface area contributed by atoms with Crippen LogP contribution in [0.4, 0.5) is 0 Å². The molecule has 0 saturated heterocycles. The van der Waals surface area contributed by atoms with Gasteiger partial charge in [-0.05, 0) is 36.7 Å². The van der Waals surface area contributed by atoms with E-state index >= 15 is 0 Å². The predicted molar refractivity (Wildman–Crippen MR) is 83.0 cm³/mol. The molecule has 0 heterocycles. The van der Waals surface area contributed by atoms with E-state index in [0.29, 0.717) is 0 Å². The lowest BCUT2D eigenvalue weighted by Gasteiger charge is -2.15. The summed E-state index contributed by atoms with van der Waals surface area (Å²) in [5, 5.41) is 0. The zero-order valence-corrected chi connectivity index (χ0v) is 12.7. The van der Waals surface area contributed by atoms with Crippen LogP contribution in [0.2, 0.25) is 0 Å². The lowest BCUT2D eigenvalue weighted by atomic mass is 9.94. The predicted octanol–water partition coefficient (Wildman–Crippen LogP) is 5.38. The first-order valence-electron chi connectivity index (χ1n) is 7.06. The highest BCUT2D eigenvalue weighted by Crippen LogP contribution is 2.20. The molecule has 16 heavy (non-hydrogen) atoms. The van der Waals surface area contributed by atoms with Gasteiger partial charge in [0, 0.05) is 0 Å². The third-order valence-corrected chi connectivity index (χ3v) is 3.85. The molecule has 0 spiro atoms. The Labute approximate surface area is 114 Å². The maximum Gasteiger partial charge on any atom is -0.00953 e. The fraction of sp³-hybridized carbons (Fsp3) is 1.00. The van der Waals surface area contributed by atoms with E-state index in [4.69, 9.17) is 0 Å². The summed E-state index contributed by atoms with van der Waals surface area (Å²) in [7, 11) is 0. The minimum absolute atomic E-state index is 0.913. The fourth-order valence-electron chi connectivity index (χ4n) is 2.21. The molecule has 0 rings (SSSR count). The van der Waals surface area contributed by atoms with Crippen LogP contribution in [0.25, 0.3) is 0 Å². The zero-order chi connectivity index (χ0) is 12.1. The van der Waals surface area contributed by atoms with Crippen molar-refractivity contribution >= 4 is 25.3 Å². The van der Waals surface area contributed by atoms with Gasteiger partial charge >= 0.3 is 0 Å². The Balaban J connectivity index is 3.36. The highest BCUT2D eigenvalue weighted by Gasteiger charge is 2.06. The molecular formula is C14H30S2. The molecule has 98 valence electrons. The lowest BCUT2D eigenvalue weighted by molar-refractivity contribution is 0.412. The quantitative estimate of drug-likeness (QED) is 0.342. The Kier molecular flexibility index (Phi) is 14.4. The fourth-order valence-corrected chi connectivity index (χ4v) is 2.76.